The van der Waals surface area contributed by atoms with Crippen molar-refractivity contribution in [3.8, 4) is 0 Å². The number of carbonyl (C=O) groups is 1. The predicted molar refractivity (Wildman–Crippen MR) is 52.6 cm³/mol. The Bertz CT molecular complexity index is 184. The lowest BCUT2D eigenvalue weighted by Gasteiger charge is -2.36. The maximum Gasteiger partial charge on any atom is 0.229 e. The van der Waals surface area contributed by atoms with E-state index >= 15 is 0 Å². The number of nitrogens with one attached hydrogen (secondary N) is 1. The zero-order chi connectivity index (χ0) is 10.4. The van der Waals surface area contributed by atoms with Gasteiger partial charge >= 0.3 is 0 Å². The zero-order valence-corrected chi connectivity index (χ0v) is 8.66. The zero-order valence-electron chi connectivity index (χ0n) is 8.66. The van der Waals surface area contributed by atoms with Crippen LogP contribution in [-0.4, -0.2) is 30.5 Å². The molecule has 1 fully saturated rings. The monoisotopic (exact) mass is 201 g/mol. The molecule has 0 aliphatic carbocycles. The Morgan fingerprint density at radius 2 is 2.29 bits per heavy atom. The lowest BCUT2D eigenvalue weighted by molar-refractivity contribution is -0.154. The first-order chi connectivity index (χ1) is 6.79. The maximum atomic E-state index is 11.0. The van der Waals surface area contributed by atoms with E-state index in [4.69, 9.17) is 9.84 Å². The second kappa shape index (κ2) is 5.98. The fraction of sp³-hybridized carbons (Fsp3) is 0.900. The minimum atomic E-state index is -0.161. The molecular formula is C10H19NO3. The molecule has 0 aromatic rings. The highest BCUT2D eigenvalue weighted by atomic mass is 16.5. The van der Waals surface area contributed by atoms with E-state index in [0.29, 0.717) is 13.0 Å². The van der Waals surface area contributed by atoms with Crippen LogP contribution in [0.3, 0.4) is 0 Å². The van der Waals surface area contributed by atoms with E-state index in [9.17, 15) is 4.79 Å². The van der Waals surface area contributed by atoms with Gasteiger partial charge in [-0.2, -0.15) is 0 Å². The minimum Gasteiger partial charge on any atom is -0.396 e. The lowest BCUT2D eigenvalue weighted by Crippen LogP contribution is -2.59. The molecule has 1 saturated heterocycles. The summed E-state index contributed by atoms with van der Waals surface area (Å²) in [6.45, 7) is 2.88. The van der Waals surface area contributed by atoms with Crippen molar-refractivity contribution < 1.29 is 14.6 Å². The van der Waals surface area contributed by atoms with Gasteiger partial charge in [-0.05, 0) is 12.8 Å². The molecule has 2 atom stereocenters. The number of ether oxygens (including phenoxy) is 1. The molecule has 0 spiro atoms. The second-order valence-corrected chi connectivity index (χ2v) is 3.63. The quantitative estimate of drug-likeness (QED) is 0.469. The first-order valence-corrected chi connectivity index (χ1v) is 5.32. The molecule has 82 valence electrons. The van der Waals surface area contributed by atoms with Crippen molar-refractivity contribution in [3.63, 3.8) is 0 Å². The number of amides is 1. The van der Waals surface area contributed by atoms with Gasteiger partial charge in [0.1, 0.15) is 6.23 Å². The summed E-state index contributed by atoms with van der Waals surface area (Å²) in [7, 11) is 0. The highest BCUT2D eigenvalue weighted by Crippen LogP contribution is 2.19. The molecule has 1 rings (SSSR count). The van der Waals surface area contributed by atoms with E-state index in [1.165, 1.54) is 6.42 Å². The van der Waals surface area contributed by atoms with E-state index in [2.05, 4.69) is 12.2 Å². The molecule has 1 aliphatic heterocycles. The third-order valence-electron chi connectivity index (χ3n) is 2.47. The summed E-state index contributed by atoms with van der Waals surface area (Å²) < 4.78 is 5.47. The first kappa shape index (κ1) is 11.5. The van der Waals surface area contributed by atoms with Crippen molar-refractivity contribution in [3.05, 3.63) is 0 Å². The number of unbranched alkanes of at least 4 members (excludes halogenated alkanes) is 2. The SMILES string of the molecule is CCCCCOC1NC(=O)C1CCO. The summed E-state index contributed by atoms with van der Waals surface area (Å²) in [4.78, 5) is 11.0. The van der Waals surface area contributed by atoms with Crippen molar-refractivity contribution in [2.45, 2.75) is 38.8 Å². The van der Waals surface area contributed by atoms with Crippen molar-refractivity contribution in [1.29, 1.82) is 0 Å². The molecule has 0 bridgehead atoms. The number of β-lactam (4-membered cyclic amide) rings is 1. The van der Waals surface area contributed by atoms with E-state index in [1.54, 1.807) is 0 Å². The maximum absolute atomic E-state index is 11.0. The second-order valence-electron chi connectivity index (χ2n) is 3.63. The fourth-order valence-corrected chi connectivity index (χ4v) is 1.53. The Balaban J connectivity index is 2.09. The van der Waals surface area contributed by atoms with Gasteiger partial charge in [-0.15, -0.1) is 0 Å². The first-order valence-electron chi connectivity index (χ1n) is 5.32. The summed E-state index contributed by atoms with van der Waals surface area (Å²) >= 11 is 0. The molecule has 1 heterocycles. The van der Waals surface area contributed by atoms with E-state index in [0.717, 1.165) is 12.8 Å². The molecular weight excluding hydrogens is 182 g/mol. The Morgan fingerprint density at radius 3 is 2.86 bits per heavy atom. The van der Waals surface area contributed by atoms with Crippen LogP contribution in [-0.2, 0) is 9.53 Å². The Hall–Kier alpha value is -0.610. The van der Waals surface area contributed by atoms with E-state index in [-0.39, 0.29) is 24.7 Å². The Kier molecular flexibility index (Phi) is 4.90. The smallest absolute Gasteiger partial charge is 0.229 e. The molecule has 0 aromatic heterocycles. The summed E-state index contributed by atoms with van der Waals surface area (Å²) in [5.41, 5.74) is 0. The Labute approximate surface area is 84.6 Å². The summed E-state index contributed by atoms with van der Waals surface area (Å²) in [5.74, 6) is -0.138. The van der Waals surface area contributed by atoms with Crippen molar-refractivity contribution in [2.24, 2.45) is 5.92 Å². The van der Waals surface area contributed by atoms with Crippen LogP contribution in [0.4, 0.5) is 0 Å². The van der Waals surface area contributed by atoms with Crippen LogP contribution < -0.4 is 5.32 Å². The molecule has 0 aromatic carbocycles. The molecule has 4 heteroatoms. The van der Waals surface area contributed by atoms with Gasteiger partial charge in [0.2, 0.25) is 5.91 Å². The van der Waals surface area contributed by atoms with E-state index in [1.807, 2.05) is 0 Å². The van der Waals surface area contributed by atoms with Crippen molar-refractivity contribution in [1.82, 2.24) is 5.32 Å². The van der Waals surface area contributed by atoms with Crippen molar-refractivity contribution in [2.75, 3.05) is 13.2 Å². The van der Waals surface area contributed by atoms with Gasteiger partial charge in [-0.3, -0.25) is 4.79 Å². The van der Waals surface area contributed by atoms with Gasteiger partial charge in [-0.1, -0.05) is 19.8 Å². The average Bonchev–Trinajstić information content (AvgIpc) is 2.19. The van der Waals surface area contributed by atoms with Crippen LogP contribution in [0.15, 0.2) is 0 Å². The van der Waals surface area contributed by atoms with Crippen LogP contribution in [0.2, 0.25) is 0 Å². The largest absolute Gasteiger partial charge is 0.396 e. The molecule has 1 aliphatic rings. The lowest BCUT2D eigenvalue weighted by atomic mass is 9.96. The average molecular weight is 201 g/mol. The minimum absolute atomic E-state index is 0.000425. The summed E-state index contributed by atoms with van der Waals surface area (Å²) in [5, 5.41) is 11.4. The Morgan fingerprint density at radius 1 is 1.50 bits per heavy atom. The molecule has 0 radical (unpaired) electrons. The molecule has 1 amide bonds. The van der Waals surface area contributed by atoms with Crippen LogP contribution in [0.1, 0.15) is 32.6 Å². The molecule has 0 saturated carbocycles. The molecule has 14 heavy (non-hydrogen) atoms. The number of hydrogen-bond donors (Lipinski definition) is 2. The summed E-state index contributed by atoms with van der Waals surface area (Å²) in [6, 6.07) is 0. The van der Waals surface area contributed by atoms with Gasteiger partial charge in [0.15, 0.2) is 0 Å². The molecule has 2 N–H and O–H groups in total. The van der Waals surface area contributed by atoms with Gasteiger partial charge in [-0.25, -0.2) is 0 Å². The molecule has 4 nitrogen and oxygen atoms in total. The summed E-state index contributed by atoms with van der Waals surface area (Å²) in [6.07, 6.45) is 3.71. The number of aliphatic hydroxyl groups excluding tert-OH is 1. The van der Waals surface area contributed by atoms with Crippen LogP contribution >= 0.6 is 0 Å². The van der Waals surface area contributed by atoms with E-state index < -0.39 is 0 Å². The highest BCUT2D eigenvalue weighted by Gasteiger charge is 2.39. The fourth-order valence-electron chi connectivity index (χ4n) is 1.53. The normalized spacial score (nSPS) is 25.7. The topological polar surface area (TPSA) is 58.6 Å². The number of carbonyl (C=O) groups excluding carboxylic acids is 1. The number of hydrogen-bond acceptors (Lipinski definition) is 3. The predicted octanol–water partition coefficient (Wildman–Crippen LogP) is 0.648. The third kappa shape index (κ3) is 2.96. The number of rotatable bonds is 7. The van der Waals surface area contributed by atoms with Gasteiger partial charge < -0.3 is 15.2 Å². The standard InChI is InChI=1S/C10H19NO3/c1-2-3-4-7-14-10-8(5-6-12)9(13)11-10/h8,10,12H,2-7H2,1H3,(H,11,13). The van der Waals surface area contributed by atoms with Crippen LogP contribution in [0.25, 0.3) is 0 Å². The highest BCUT2D eigenvalue weighted by molar-refractivity contribution is 5.85. The van der Waals surface area contributed by atoms with Crippen LogP contribution in [0.5, 0.6) is 0 Å². The van der Waals surface area contributed by atoms with Crippen molar-refractivity contribution >= 4 is 5.91 Å². The van der Waals surface area contributed by atoms with Crippen LogP contribution in [0, 0.1) is 5.92 Å². The van der Waals surface area contributed by atoms with Gasteiger partial charge in [0.05, 0.1) is 5.92 Å². The van der Waals surface area contributed by atoms with Gasteiger partial charge in [0.25, 0.3) is 0 Å². The third-order valence-corrected chi connectivity index (χ3v) is 2.47. The van der Waals surface area contributed by atoms with Gasteiger partial charge in [0, 0.05) is 13.2 Å². The number of aliphatic hydroxyl groups is 1. The molecule has 2 unspecified atom stereocenters.